The van der Waals surface area contributed by atoms with Crippen LogP contribution in [0.15, 0.2) is 0 Å². The van der Waals surface area contributed by atoms with Gasteiger partial charge in [0.2, 0.25) is 0 Å². The van der Waals surface area contributed by atoms with E-state index in [-0.39, 0.29) is 12.8 Å². The second-order valence-corrected chi connectivity index (χ2v) is 3.72. The molecule has 0 bridgehead atoms. The second-order valence-electron chi connectivity index (χ2n) is 3.72. The zero-order valence-corrected chi connectivity index (χ0v) is 8.56. The molecule has 1 unspecified atom stereocenters. The summed E-state index contributed by atoms with van der Waals surface area (Å²) >= 11 is 0. The molecular formula is C9H14O6. The van der Waals surface area contributed by atoms with E-state index in [0.29, 0.717) is 0 Å². The Morgan fingerprint density at radius 1 is 1.13 bits per heavy atom. The molecule has 0 amide bonds. The van der Waals surface area contributed by atoms with Crippen molar-refractivity contribution in [3.8, 4) is 0 Å². The van der Waals surface area contributed by atoms with Crippen molar-refractivity contribution in [3.63, 3.8) is 0 Å². The molecule has 0 aromatic heterocycles. The topological polar surface area (TPSA) is 112 Å². The predicted octanol–water partition coefficient (Wildman–Crippen LogP) is 0.663. The average Bonchev–Trinajstić information content (AvgIpc) is 2.12. The fraction of sp³-hybridized carbons (Fsp3) is 0.667. The van der Waals surface area contributed by atoms with E-state index in [0.717, 1.165) is 6.92 Å². The third-order valence-corrected chi connectivity index (χ3v) is 2.44. The first-order valence-electron chi connectivity index (χ1n) is 4.41. The Labute approximate surface area is 86.5 Å². The molecule has 3 N–H and O–H groups in total. The number of aliphatic carboxylic acids is 3. The minimum absolute atomic E-state index is 0.0183. The first-order valence-corrected chi connectivity index (χ1v) is 4.41. The summed E-state index contributed by atoms with van der Waals surface area (Å²) in [6.45, 7) is 2.48. The van der Waals surface area contributed by atoms with Gasteiger partial charge >= 0.3 is 17.9 Å². The van der Waals surface area contributed by atoms with Crippen LogP contribution in [0.5, 0.6) is 0 Å². The summed E-state index contributed by atoms with van der Waals surface area (Å²) < 4.78 is 0. The molecule has 0 spiro atoms. The molecule has 1 atom stereocenters. The largest absolute Gasteiger partial charge is 0.481 e. The highest BCUT2D eigenvalue weighted by atomic mass is 16.4. The van der Waals surface area contributed by atoms with Crippen LogP contribution in [0.3, 0.4) is 0 Å². The zero-order valence-electron chi connectivity index (χ0n) is 8.56. The summed E-state index contributed by atoms with van der Waals surface area (Å²) in [5.74, 6) is -4.71. The third-order valence-electron chi connectivity index (χ3n) is 2.44. The maximum atomic E-state index is 10.7. The highest BCUT2D eigenvalue weighted by molar-refractivity contribution is 5.97. The lowest BCUT2D eigenvalue weighted by atomic mass is 9.83. The van der Waals surface area contributed by atoms with Gasteiger partial charge in [-0.2, -0.15) is 0 Å². The lowest BCUT2D eigenvalue weighted by molar-refractivity contribution is -0.164. The first kappa shape index (κ1) is 13.4. The van der Waals surface area contributed by atoms with Gasteiger partial charge in [0.25, 0.3) is 0 Å². The van der Waals surface area contributed by atoms with Gasteiger partial charge in [-0.25, -0.2) is 0 Å². The van der Waals surface area contributed by atoms with Gasteiger partial charge in [0, 0.05) is 0 Å². The molecule has 0 aliphatic heterocycles. The van der Waals surface area contributed by atoms with Crippen molar-refractivity contribution in [2.24, 2.45) is 11.3 Å². The Balaban J connectivity index is 4.53. The molecule has 0 radical (unpaired) electrons. The van der Waals surface area contributed by atoms with Crippen molar-refractivity contribution < 1.29 is 29.7 Å². The van der Waals surface area contributed by atoms with Gasteiger partial charge in [-0.3, -0.25) is 14.4 Å². The quantitative estimate of drug-likeness (QED) is 0.564. The Hall–Kier alpha value is -1.59. The lowest BCUT2D eigenvalue weighted by Crippen LogP contribution is -2.37. The minimum Gasteiger partial charge on any atom is -0.481 e. The van der Waals surface area contributed by atoms with Gasteiger partial charge in [0.15, 0.2) is 5.41 Å². The number of hydrogen-bond acceptors (Lipinski definition) is 3. The SMILES string of the molecule is CC(CCC(C)(C(=O)O)C(=O)O)C(=O)O. The Morgan fingerprint density at radius 3 is 1.80 bits per heavy atom. The molecule has 0 heterocycles. The summed E-state index contributed by atoms with van der Waals surface area (Å²) in [6.07, 6.45) is -0.185. The summed E-state index contributed by atoms with van der Waals surface area (Å²) in [6, 6.07) is 0. The Kier molecular flexibility index (Phi) is 4.26. The van der Waals surface area contributed by atoms with E-state index >= 15 is 0 Å². The first-order chi connectivity index (χ1) is 6.71. The van der Waals surface area contributed by atoms with Crippen LogP contribution in [0.25, 0.3) is 0 Å². The molecule has 86 valence electrons. The van der Waals surface area contributed by atoms with E-state index in [1.807, 2.05) is 0 Å². The van der Waals surface area contributed by atoms with E-state index in [9.17, 15) is 14.4 Å². The number of carboxylic acids is 3. The molecule has 0 saturated heterocycles. The lowest BCUT2D eigenvalue weighted by Gasteiger charge is -2.20. The standard InChI is InChI=1S/C9H14O6/c1-5(6(10)11)3-4-9(2,7(12)13)8(14)15/h5H,3-4H2,1-2H3,(H,10,11)(H,12,13)(H,14,15). The van der Waals surface area contributed by atoms with Gasteiger partial charge in [-0.1, -0.05) is 6.92 Å². The van der Waals surface area contributed by atoms with Gasteiger partial charge in [-0.05, 0) is 19.8 Å². The predicted molar refractivity (Wildman–Crippen MR) is 49.4 cm³/mol. The van der Waals surface area contributed by atoms with Crippen molar-refractivity contribution in [1.29, 1.82) is 0 Å². The number of rotatable bonds is 6. The number of hydrogen-bond donors (Lipinski definition) is 3. The molecular weight excluding hydrogens is 204 g/mol. The van der Waals surface area contributed by atoms with E-state index < -0.39 is 29.2 Å². The zero-order chi connectivity index (χ0) is 12.2. The molecule has 0 aliphatic carbocycles. The Bertz CT molecular complexity index is 268. The molecule has 15 heavy (non-hydrogen) atoms. The van der Waals surface area contributed by atoms with Crippen LogP contribution in [-0.4, -0.2) is 33.2 Å². The third kappa shape index (κ3) is 3.23. The highest BCUT2D eigenvalue weighted by Gasteiger charge is 2.41. The Morgan fingerprint density at radius 2 is 1.53 bits per heavy atom. The summed E-state index contributed by atoms with van der Waals surface area (Å²) in [5.41, 5.74) is -1.91. The highest BCUT2D eigenvalue weighted by Crippen LogP contribution is 2.26. The summed E-state index contributed by atoms with van der Waals surface area (Å²) in [7, 11) is 0. The molecule has 0 fully saturated rings. The molecule has 0 saturated carbocycles. The van der Waals surface area contributed by atoms with Crippen LogP contribution >= 0.6 is 0 Å². The van der Waals surface area contributed by atoms with Crippen molar-refractivity contribution in [1.82, 2.24) is 0 Å². The number of carboxylic acid groups (broad SMARTS) is 3. The second kappa shape index (κ2) is 4.77. The van der Waals surface area contributed by atoms with Crippen molar-refractivity contribution in [2.45, 2.75) is 26.7 Å². The van der Waals surface area contributed by atoms with E-state index in [2.05, 4.69) is 0 Å². The molecule has 6 heteroatoms. The van der Waals surface area contributed by atoms with Crippen LogP contribution in [0.4, 0.5) is 0 Å². The number of carbonyl (C=O) groups is 3. The molecule has 0 rings (SSSR count). The van der Waals surface area contributed by atoms with Crippen LogP contribution in [0.2, 0.25) is 0 Å². The minimum atomic E-state index is -1.91. The monoisotopic (exact) mass is 218 g/mol. The fourth-order valence-electron chi connectivity index (χ4n) is 0.934. The van der Waals surface area contributed by atoms with Crippen LogP contribution in [0.1, 0.15) is 26.7 Å². The van der Waals surface area contributed by atoms with Gasteiger partial charge in [0.05, 0.1) is 5.92 Å². The average molecular weight is 218 g/mol. The maximum absolute atomic E-state index is 10.7. The fourth-order valence-corrected chi connectivity index (χ4v) is 0.934. The van der Waals surface area contributed by atoms with Gasteiger partial charge < -0.3 is 15.3 Å². The van der Waals surface area contributed by atoms with Crippen LogP contribution < -0.4 is 0 Å². The molecule has 0 aliphatic rings. The maximum Gasteiger partial charge on any atom is 0.320 e. The van der Waals surface area contributed by atoms with Gasteiger partial charge in [0.1, 0.15) is 0 Å². The van der Waals surface area contributed by atoms with Gasteiger partial charge in [-0.15, -0.1) is 0 Å². The normalized spacial score (nSPS) is 13.2. The van der Waals surface area contributed by atoms with Crippen molar-refractivity contribution >= 4 is 17.9 Å². The van der Waals surface area contributed by atoms with E-state index in [1.54, 1.807) is 0 Å². The van der Waals surface area contributed by atoms with Crippen LogP contribution in [-0.2, 0) is 14.4 Å². The van der Waals surface area contributed by atoms with Crippen molar-refractivity contribution in [3.05, 3.63) is 0 Å². The van der Waals surface area contributed by atoms with Crippen LogP contribution in [0, 0.1) is 11.3 Å². The summed E-state index contributed by atoms with van der Waals surface area (Å²) in [4.78, 5) is 31.9. The van der Waals surface area contributed by atoms with E-state index in [4.69, 9.17) is 15.3 Å². The van der Waals surface area contributed by atoms with Crippen molar-refractivity contribution in [2.75, 3.05) is 0 Å². The smallest absolute Gasteiger partial charge is 0.320 e. The molecule has 0 aromatic carbocycles. The molecule has 0 aromatic rings. The molecule has 6 nitrogen and oxygen atoms in total. The summed E-state index contributed by atoms with van der Waals surface area (Å²) in [5, 5.41) is 26.0. The van der Waals surface area contributed by atoms with E-state index in [1.165, 1.54) is 6.92 Å².